The van der Waals surface area contributed by atoms with Gasteiger partial charge in [-0.25, -0.2) is 0 Å². The standard InChI is InChI=1S/C17H24N2O3/c1-10-15(12(3)20)11(2)18-16(10)17(21)19(14-4-5-14)8-13-6-7-22-9-13/h13-14,18H,4-9H2,1-3H3/t13-/m1/s1. The number of carbonyl (C=O) groups is 2. The zero-order valence-corrected chi connectivity index (χ0v) is 13.6. The van der Waals surface area contributed by atoms with Crippen LogP contribution in [0.15, 0.2) is 0 Å². The van der Waals surface area contributed by atoms with E-state index in [1.165, 1.54) is 0 Å². The van der Waals surface area contributed by atoms with Crippen LogP contribution in [-0.2, 0) is 4.74 Å². The smallest absolute Gasteiger partial charge is 0.270 e. The third-order valence-corrected chi connectivity index (χ3v) is 4.73. The zero-order chi connectivity index (χ0) is 15.9. The highest BCUT2D eigenvalue weighted by molar-refractivity contribution is 6.02. The lowest BCUT2D eigenvalue weighted by Crippen LogP contribution is -2.38. The number of aryl methyl sites for hydroxylation is 1. The van der Waals surface area contributed by atoms with E-state index in [-0.39, 0.29) is 11.7 Å². The summed E-state index contributed by atoms with van der Waals surface area (Å²) in [5.74, 6) is 0.475. The molecule has 3 rings (SSSR count). The van der Waals surface area contributed by atoms with Crippen molar-refractivity contribution in [1.82, 2.24) is 9.88 Å². The number of ketones is 1. The Morgan fingerprint density at radius 3 is 2.50 bits per heavy atom. The van der Waals surface area contributed by atoms with E-state index in [9.17, 15) is 9.59 Å². The normalized spacial score (nSPS) is 21.1. The first-order chi connectivity index (χ1) is 10.5. The Kier molecular flexibility index (Phi) is 4.08. The summed E-state index contributed by atoms with van der Waals surface area (Å²) in [5, 5.41) is 0. The molecule has 1 N–H and O–H groups in total. The van der Waals surface area contributed by atoms with Crippen molar-refractivity contribution in [3.8, 4) is 0 Å². The van der Waals surface area contributed by atoms with Crippen LogP contribution in [0.5, 0.6) is 0 Å². The van der Waals surface area contributed by atoms with E-state index in [1.807, 2.05) is 18.7 Å². The van der Waals surface area contributed by atoms with Crippen molar-refractivity contribution in [2.24, 2.45) is 5.92 Å². The maximum atomic E-state index is 13.0. The molecule has 0 spiro atoms. The molecular formula is C17H24N2O3. The van der Waals surface area contributed by atoms with Gasteiger partial charge in [-0.2, -0.15) is 0 Å². The minimum atomic E-state index is 0.00691. The van der Waals surface area contributed by atoms with E-state index in [2.05, 4.69) is 4.98 Å². The third kappa shape index (κ3) is 2.82. The Bertz CT molecular complexity index is 595. The second-order valence-electron chi connectivity index (χ2n) is 6.60. The van der Waals surface area contributed by atoms with Gasteiger partial charge in [0.2, 0.25) is 0 Å². The third-order valence-electron chi connectivity index (χ3n) is 4.73. The number of nitrogens with zero attached hydrogens (tertiary/aromatic N) is 1. The molecule has 1 saturated carbocycles. The molecular weight excluding hydrogens is 280 g/mol. The molecule has 5 heteroatoms. The van der Waals surface area contributed by atoms with E-state index < -0.39 is 0 Å². The van der Waals surface area contributed by atoms with E-state index >= 15 is 0 Å². The van der Waals surface area contributed by atoms with Gasteiger partial charge < -0.3 is 14.6 Å². The Labute approximate surface area is 131 Å². The summed E-state index contributed by atoms with van der Waals surface area (Å²) in [5.41, 5.74) is 2.80. The second kappa shape index (κ2) is 5.88. The van der Waals surface area contributed by atoms with Crippen molar-refractivity contribution >= 4 is 11.7 Å². The molecule has 5 nitrogen and oxygen atoms in total. The van der Waals surface area contributed by atoms with Crippen LogP contribution in [0.25, 0.3) is 0 Å². The van der Waals surface area contributed by atoms with E-state index in [0.717, 1.165) is 50.3 Å². The van der Waals surface area contributed by atoms with Crippen molar-refractivity contribution in [1.29, 1.82) is 0 Å². The van der Waals surface area contributed by atoms with Crippen molar-refractivity contribution in [2.75, 3.05) is 19.8 Å². The monoisotopic (exact) mass is 304 g/mol. The number of aromatic nitrogens is 1. The molecule has 1 amide bonds. The fourth-order valence-electron chi connectivity index (χ4n) is 3.43. The molecule has 2 aliphatic rings. The van der Waals surface area contributed by atoms with Crippen LogP contribution in [0.3, 0.4) is 0 Å². The van der Waals surface area contributed by atoms with Gasteiger partial charge in [-0.05, 0) is 45.6 Å². The number of carbonyl (C=O) groups excluding carboxylic acids is 2. The van der Waals surface area contributed by atoms with Crippen LogP contribution in [-0.4, -0.2) is 47.4 Å². The highest BCUT2D eigenvalue weighted by Crippen LogP contribution is 2.31. The average Bonchev–Trinajstić information content (AvgIpc) is 3.08. The number of amides is 1. The molecule has 120 valence electrons. The van der Waals surface area contributed by atoms with Crippen molar-refractivity contribution in [3.05, 3.63) is 22.5 Å². The van der Waals surface area contributed by atoms with Crippen molar-refractivity contribution in [3.63, 3.8) is 0 Å². The number of hydrogen-bond acceptors (Lipinski definition) is 3. The molecule has 1 aliphatic heterocycles. The summed E-state index contributed by atoms with van der Waals surface area (Å²) in [6, 6.07) is 0.358. The fourth-order valence-corrected chi connectivity index (χ4v) is 3.43. The summed E-state index contributed by atoms with van der Waals surface area (Å²) in [7, 11) is 0. The lowest BCUT2D eigenvalue weighted by Gasteiger charge is -2.25. The molecule has 0 unspecified atom stereocenters. The van der Waals surface area contributed by atoms with Crippen LogP contribution in [0.2, 0.25) is 0 Å². The minimum Gasteiger partial charge on any atom is -0.381 e. The molecule has 1 aliphatic carbocycles. The lowest BCUT2D eigenvalue weighted by molar-refractivity contribution is 0.0700. The Hall–Kier alpha value is -1.62. The van der Waals surface area contributed by atoms with E-state index in [0.29, 0.717) is 23.2 Å². The zero-order valence-electron chi connectivity index (χ0n) is 13.6. The first-order valence-corrected chi connectivity index (χ1v) is 8.07. The molecule has 0 bridgehead atoms. The van der Waals surface area contributed by atoms with Gasteiger partial charge in [0.25, 0.3) is 5.91 Å². The molecule has 1 aromatic rings. The Morgan fingerprint density at radius 2 is 2.00 bits per heavy atom. The molecule has 22 heavy (non-hydrogen) atoms. The van der Waals surface area contributed by atoms with Gasteiger partial charge in [-0.15, -0.1) is 0 Å². The van der Waals surface area contributed by atoms with Gasteiger partial charge in [0, 0.05) is 36.4 Å². The van der Waals surface area contributed by atoms with Gasteiger partial charge >= 0.3 is 0 Å². The summed E-state index contributed by atoms with van der Waals surface area (Å²) in [6.45, 7) is 7.57. The van der Waals surface area contributed by atoms with E-state index in [1.54, 1.807) is 6.92 Å². The number of ether oxygens (including phenoxy) is 1. The van der Waals surface area contributed by atoms with Gasteiger partial charge in [0.05, 0.1) is 6.61 Å². The topological polar surface area (TPSA) is 62.4 Å². The van der Waals surface area contributed by atoms with Gasteiger partial charge in [0.15, 0.2) is 5.78 Å². The summed E-state index contributed by atoms with van der Waals surface area (Å²) in [4.78, 5) is 29.8. The largest absolute Gasteiger partial charge is 0.381 e. The fraction of sp³-hybridized carbons (Fsp3) is 0.647. The SMILES string of the molecule is CC(=O)c1c(C)[nH]c(C(=O)N(C[C@H]2CCOC2)C2CC2)c1C. The van der Waals surface area contributed by atoms with E-state index in [4.69, 9.17) is 4.74 Å². The summed E-state index contributed by atoms with van der Waals surface area (Å²) < 4.78 is 5.43. The number of Topliss-reactive ketones (excluding diaryl/α,β-unsaturated/α-hetero) is 1. The lowest BCUT2D eigenvalue weighted by atomic mass is 10.1. The average molecular weight is 304 g/mol. The van der Waals surface area contributed by atoms with Gasteiger partial charge in [-0.3, -0.25) is 9.59 Å². The summed E-state index contributed by atoms with van der Waals surface area (Å²) >= 11 is 0. The molecule has 1 atom stereocenters. The van der Waals surface area contributed by atoms with Crippen molar-refractivity contribution in [2.45, 2.75) is 46.1 Å². The van der Waals surface area contributed by atoms with Crippen molar-refractivity contribution < 1.29 is 14.3 Å². The summed E-state index contributed by atoms with van der Waals surface area (Å²) in [6.07, 6.45) is 3.19. The quantitative estimate of drug-likeness (QED) is 0.850. The maximum Gasteiger partial charge on any atom is 0.270 e. The molecule has 0 aromatic carbocycles. The number of nitrogens with one attached hydrogen (secondary N) is 1. The molecule has 0 radical (unpaired) electrons. The first-order valence-electron chi connectivity index (χ1n) is 8.07. The first kappa shape index (κ1) is 15.3. The second-order valence-corrected chi connectivity index (χ2v) is 6.60. The Balaban J connectivity index is 1.84. The van der Waals surface area contributed by atoms with Crippen LogP contribution in [0, 0.1) is 19.8 Å². The number of H-pyrrole nitrogens is 1. The highest BCUT2D eigenvalue weighted by Gasteiger charge is 2.36. The van der Waals surface area contributed by atoms with Crippen LogP contribution in [0.4, 0.5) is 0 Å². The predicted molar refractivity (Wildman–Crippen MR) is 83.3 cm³/mol. The number of hydrogen-bond donors (Lipinski definition) is 1. The maximum absolute atomic E-state index is 13.0. The van der Waals surface area contributed by atoms with Gasteiger partial charge in [-0.1, -0.05) is 0 Å². The van der Waals surface area contributed by atoms with Crippen LogP contribution in [0.1, 0.15) is 58.3 Å². The number of aromatic amines is 1. The molecule has 2 fully saturated rings. The predicted octanol–water partition coefficient (Wildman–Crippen LogP) is 2.48. The number of rotatable bonds is 5. The van der Waals surface area contributed by atoms with Gasteiger partial charge in [0.1, 0.15) is 5.69 Å². The molecule has 2 heterocycles. The Morgan fingerprint density at radius 1 is 1.27 bits per heavy atom. The van der Waals surface area contributed by atoms with Crippen LogP contribution < -0.4 is 0 Å². The minimum absolute atomic E-state index is 0.00691. The molecule has 1 aromatic heterocycles. The van der Waals surface area contributed by atoms with Crippen LogP contribution >= 0.6 is 0 Å². The highest BCUT2D eigenvalue weighted by atomic mass is 16.5. The molecule has 1 saturated heterocycles.